The summed E-state index contributed by atoms with van der Waals surface area (Å²) in [5.74, 6) is 2.70. The topological polar surface area (TPSA) is 38.7 Å². The fourth-order valence-electron chi connectivity index (χ4n) is 1.97. The van der Waals surface area contributed by atoms with E-state index in [1.165, 1.54) is 0 Å². The summed E-state index contributed by atoms with van der Waals surface area (Å²) in [7, 11) is -0.462. The van der Waals surface area contributed by atoms with Crippen molar-refractivity contribution in [2.24, 2.45) is 0 Å². The van der Waals surface area contributed by atoms with Gasteiger partial charge in [0.1, 0.15) is 5.75 Å². The molecule has 0 saturated carbocycles. The van der Waals surface area contributed by atoms with Gasteiger partial charge in [0.25, 0.3) is 0 Å². The van der Waals surface area contributed by atoms with E-state index in [1.807, 2.05) is 39.8 Å². The lowest BCUT2D eigenvalue weighted by Crippen LogP contribution is -2.41. The maximum atomic E-state index is 9.94. The summed E-state index contributed by atoms with van der Waals surface area (Å²) in [6, 6.07) is 5.36. The van der Waals surface area contributed by atoms with E-state index in [0.717, 1.165) is 11.0 Å². The first-order valence-corrected chi connectivity index (χ1v) is 6.38. The summed E-state index contributed by atoms with van der Waals surface area (Å²) in [6.45, 7) is 8.00. The molecular formula is C15H19BO3. The molecule has 1 saturated heterocycles. The second kappa shape index (κ2) is 4.59. The first-order valence-electron chi connectivity index (χ1n) is 6.38. The lowest BCUT2D eigenvalue weighted by Gasteiger charge is -2.32. The third-order valence-electron chi connectivity index (χ3n) is 3.93. The van der Waals surface area contributed by atoms with Gasteiger partial charge in [-0.3, -0.25) is 0 Å². The fraction of sp³-hybridized carbons (Fsp3) is 0.467. The molecule has 0 bridgehead atoms. The molecule has 100 valence electrons. The van der Waals surface area contributed by atoms with Crippen molar-refractivity contribution in [3.8, 4) is 18.1 Å². The minimum atomic E-state index is -0.462. The Kier molecular flexibility index (Phi) is 3.38. The summed E-state index contributed by atoms with van der Waals surface area (Å²) < 4.78 is 11.9. The Morgan fingerprint density at radius 3 is 2.26 bits per heavy atom. The van der Waals surface area contributed by atoms with Gasteiger partial charge in [-0.25, -0.2) is 0 Å². The lowest BCUT2D eigenvalue weighted by atomic mass is 9.78. The SMILES string of the molecule is C#CCc1ccc(B2OC(C)(C)C(C)(C)O2)cc1O. The molecule has 0 aromatic heterocycles. The summed E-state index contributed by atoms with van der Waals surface area (Å²) >= 11 is 0. The number of hydrogen-bond acceptors (Lipinski definition) is 3. The summed E-state index contributed by atoms with van der Waals surface area (Å²) in [4.78, 5) is 0. The zero-order valence-electron chi connectivity index (χ0n) is 11.9. The second-order valence-electron chi connectivity index (χ2n) is 5.86. The molecule has 1 aromatic rings. The van der Waals surface area contributed by atoms with Crippen LogP contribution in [0.25, 0.3) is 0 Å². The maximum absolute atomic E-state index is 9.94. The predicted octanol–water partition coefficient (Wildman–Crippen LogP) is 1.87. The van der Waals surface area contributed by atoms with Gasteiger partial charge >= 0.3 is 7.12 Å². The van der Waals surface area contributed by atoms with Crippen molar-refractivity contribution in [1.29, 1.82) is 0 Å². The molecule has 2 rings (SSSR count). The molecule has 1 aliphatic rings. The van der Waals surface area contributed by atoms with Crippen LogP contribution in [0.1, 0.15) is 33.3 Å². The number of aromatic hydroxyl groups is 1. The van der Waals surface area contributed by atoms with Crippen LogP contribution in [0.4, 0.5) is 0 Å². The lowest BCUT2D eigenvalue weighted by molar-refractivity contribution is 0.00578. The zero-order valence-corrected chi connectivity index (χ0v) is 11.9. The molecule has 1 N–H and O–H groups in total. The zero-order chi connectivity index (χ0) is 14.3. The molecule has 0 unspecified atom stereocenters. The minimum Gasteiger partial charge on any atom is -0.508 e. The van der Waals surface area contributed by atoms with Crippen LogP contribution in [0.15, 0.2) is 18.2 Å². The second-order valence-corrected chi connectivity index (χ2v) is 5.86. The fourth-order valence-corrected chi connectivity index (χ4v) is 1.97. The molecule has 0 spiro atoms. The number of hydrogen-bond donors (Lipinski definition) is 1. The van der Waals surface area contributed by atoms with Crippen LogP contribution in [0.5, 0.6) is 5.75 Å². The molecule has 0 radical (unpaired) electrons. The first-order chi connectivity index (χ1) is 8.77. The molecule has 1 aromatic carbocycles. The van der Waals surface area contributed by atoms with Gasteiger partial charge < -0.3 is 14.4 Å². The third kappa shape index (κ3) is 2.49. The maximum Gasteiger partial charge on any atom is 0.494 e. The van der Waals surface area contributed by atoms with Crippen LogP contribution in [-0.4, -0.2) is 23.4 Å². The average Bonchev–Trinajstić information content (AvgIpc) is 2.51. The Labute approximate surface area is 115 Å². The van der Waals surface area contributed by atoms with E-state index in [1.54, 1.807) is 6.07 Å². The van der Waals surface area contributed by atoms with E-state index in [2.05, 4.69) is 5.92 Å². The first kappa shape index (κ1) is 14.0. The molecular weight excluding hydrogens is 239 g/mol. The molecule has 1 aliphatic heterocycles. The summed E-state index contributed by atoms with van der Waals surface area (Å²) in [5.41, 5.74) is 0.773. The summed E-state index contributed by atoms with van der Waals surface area (Å²) in [5, 5.41) is 9.94. The van der Waals surface area contributed by atoms with E-state index in [-0.39, 0.29) is 17.0 Å². The molecule has 0 amide bonds. The number of rotatable bonds is 2. The predicted molar refractivity (Wildman–Crippen MR) is 76.4 cm³/mol. The Bertz CT molecular complexity index is 513. The van der Waals surface area contributed by atoms with Crippen LogP contribution >= 0.6 is 0 Å². The highest BCUT2D eigenvalue weighted by molar-refractivity contribution is 6.62. The van der Waals surface area contributed by atoms with Crippen molar-refractivity contribution >= 4 is 12.6 Å². The van der Waals surface area contributed by atoms with Gasteiger partial charge in [0.2, 0.25) is 0 Å². The number of terminal acetylenes is 1. The Morgan fingerprint density at radius 2 is 1.79 bits per heavy atom. The van der Waals surface area contributed by atoms with Crippen molar-refractivity contribution in [3.05, 3.63) is 23.8 Å². The molecule has 3 nitrogen and oxygen atoms in total. The summed E-state index contributed by atoms with van der Waals surface area (Å²) in [6.07, 6.45) is 5.66. The van der Waals surface area contributed by atoms with Crippen LogP contribution < -0.4 is 5.46 Å². The van der Waals surface area contributed by atoms with Crippen LogP contribution in [-0.2, 0) is 15.7 Å². The third-order valence-corrected chi connectivity index (χ3v) is 3.93. The highest BCUT2D eigenvalue weighted by Gasteiger charge is 2.51. The Morgan fingerprint density at radius 1 is 1.21 bits per heavy atom. The number of phenolic OH excluding ortho intramolecular Hbond substituents is 1. The van der Waals surface area contributed by atoms with Gasteiger partial charge in [-0.2, -0.15) is 0 Å². The van der Waals surface area contributed by atoms with Crippen LogP contribution in [0.3, 0.4) is 0 Å². The molecule has 1 heterocycles. The highest BCUT2D eigenvalue weighted by atomic mass is 16.7. The monoisotopic (exact) mass is 258 g/mol. The Balaban J connectivity index is 2.26. The molecule has 19 heavy (non-hydrogen) atoms. The van der Waals surface area contributed by atoms with E-state index in [9.17, 15) is 5.11 Å². The van der Waals surface area contributed by atoms with Crippen molar-refractivity contribution in [1.82, 2.24) is 0 Å². The molecule has 0 aliphatic carbocycles. The van der Waals surface area contributed by atoms with Gasteiger partial charge in [-0.05, 0) is 39.2 Å². The van der Waals surface area contributed by atoms with Crippen LogP contribution in [0, 0.1) is 12.3 Å². The van der Waals surface area contributed by atoms with Gasteiger partial charge in [-0.1, -0.05) is 12.1 Å². The normalized spacial score (nSPS) is 20.3. The van der Waals surface area contributed by atoms with Crippen molar-refractivity contribution in [2.45, 2.75) is 45.3 Å². The molecule has 0 atom stereocenters. The minimum absolute atomic E-state index is 0.185. The van der Waals surface area contributed by atoms with Crippen LogP contribution in [0.2, 0.25) is 0 Å². The largest absolute Gasteiger partial charge is 0.508 e. The Hall–Kier alpha value is -1.44. The van der Waals surface area contributed by atoms with Crippen molar-refractivity contribution in [3.63, 3.8) is 0 Å². The molecule has 4 heteroatoms. The van der Waals surface area contributed by atoms with Gasteiger partial charge in [-0.15, -0.1) is 12.3 Å². The van der Waals surface area contributed by atoms with Gasteiger partial charge in [0.05, 0.1) is 11.2 Å². The quantitative estimate of drug-likeness (QED) is 0.650. The van der Waals surface area contributed by atoms with E-state index < -0.39 is 7.12 Å². The number of phenols is 1. The average molecular weight is 258 g/mol. The van der Waals surface area contributed by atoms with E-state index in [4.69, 9.17) is 15.7 Å². The standard InChI is InChI=1S/C15H19BO3/c1-6-7-11-8-9-12(10-13(11)17)16-18-14(2,3)15(4,5)19-16/h1,8-10,17H,7H2,2-5H3. The highest BCUT2D eigenvalue weighted by Crippen LogP contribution is 2.36. The molecule has 1 fully saturated rings. The number of benzene rings is 1. The van der Waals surface area contributed by atoms with Gasteiger partial charge in [0.15, 0.2) is 0 Å². The van der Waals surface area contributed by atoms with Crippen molar-refractivity contribution in [2.75, 3.05) is 0 Å². The van der Waals surface area contributed by atoms with E-state index >= 15 is 0 Å². The van der Waals surface area contributed by atoms with E-state index in [0.29, 0.717) is 6.42 Å². The van der Waals surface area contributed by atoms with Gasteiger partial charge in [0, 0.05) is 12.0 Å². The van der Waals surface area contributed by atoms with Crippen molar-refractivity contribution < 1.29 is 14.4 Å². The smallest absolute Gasteiger partial charge is 0.494 e.